The third-order valence-corrected chi connectivity index (χ3v) is 6.15. The molecule has 0 aliphatic carbocycles. The lowest BCUT2D eigenvalue weighted by Crippen LogP contribution is -2.23. The van der Waals surface area contributed by atoms with E-state index in [4.69, 9.17) is 0 Å². The van der Waals surface area contributed by atoms with Gasteiger partial charge in [-0.2, -0.15) is 0 Å². The minimum Gasteiger partial charge on any atom is -0.317 e. The highest BCUT2D eigenvalue weighted by Crippen LogP contribution is 2.24. The SMILES string of the molecule is CNC(C)Cc1csc(CC2CCS(=O)(=O)C2)n1. The van der Waals surface area contributed by atoms with Crippen LogP contribution in [0, 0.1) is 5.92 Å². The van der Waals surface area contributed by atoms with Crippen molar-refractivity contribution in [2.24, 2.45) is 5.92 Å². The summed E-state index contributed by atoms with van der Waals surface area (Å²) in [6, 6.07) is 0.423. The fourth-order valence-electron chi connectivity index (χ4n) is 2.23. The van der Waals surface area contributed by atoms with Crippen LogP contribution in [0.5, 0.6) is 0 Å². The first-order chi connectivity index (χ1) is 8.48. The standard InChI is InChI=1S/C12H20N2O2S2/c1-9(13-2)5-11-7-17-12(14-11)6-10-3-4-18(15,16)8-10/h7,9-10,13H,3-6,8H2,1-2H3. The van der Waals surface area contributed by atoms with Crippen molar-refractivity contribution in [3.05, 3.63) is 16.1 Å². The number of hydrogen-bond acceptors (Lipinski definition) is 5. The van der Waals surface area contributed by atoms with E-state index in [1.54, 1.807) is 11.3 Å². The molecule has 2 heterocycles. The van der Waals surface area contributed by atoms with Crippen molar-refractivity contribution in [2.75, 3.05) is 18.6 Å². The molecule has 0 bridgehead atoms. The van der Waals surface area contributed by atoms with Gasteiger partial charge >= 0.3 is 0 Å². The summed E-state index contributed by atoms with van der Waals surface area (Å²) < 4.78 is 22.8. The summed E-state index contributed by atoms with van der Waals surface area (Å²) in [6.07, 6.45) is 2.54. The van der Waals surface area contributed by atoms with Gasteiger partial charge in [-0.15, -0.1) is 11.3 Å². The van der Waals surface area contributed by atoms with Gasteiger partial charge in [0.1, 0.15) is 0 Å². The highest BCUT2D eigenvalue weighted by atomic mass is 32.2. The molecule has 0 aromatic carbocycles. The molecule has 1 saturated heterocycles. The Morgan fingerprint density at radius 3 is 3.00 bits per heavy atom. The van der Waals surface area contributed by atoms with Gasteiger partial charge in [0.2, 0.25) is 0 Å². The predicted octanol–water partition coefficient (Wildman–Crippen LogP) is 1.27. The monoisotopic (exact) mass is 288 g/mol. The zero-order chi connectivity index (χ0) is 13.2. The third-order valence-electron chi connectivity index (χ3n) is 3.40. The van der Waals surface area contributed by atoms with Gasteiger partial charge in [-0.25, -0.2) is 13.4 Å². The smallest absolute Gasteiger partial charge is 0.150 e. The van der Waals surface area contributed by atoms with Gasteiger partial charge in [-0.1, -0.05) is 0 Å². The fourth-order valence-corrected chi connectivity index (χ4v) is 5.02. The Labute approximate surface area is 113 Å². The second-order valence-corrected chi connectivity index (χ2v) is 8.27. The minimum atomic E-state index is -2.76. The molecule has 1 N–H and O–H groups in total. The van der Waals surface area contributed by atoms with Crippen molar-refractivity contribution in [2.45, 2.75) is 32.2 Å². The predicted molar refractivity (Wildman–Crippen MR) is 74.8 cm³/mol. The Morgan fingerprint density at radius 2 is 2.39 bits per heavy atom. The van der Waals surface area contributed by atoms with Gasteiger partial charge in [0.15, 0.2) is 9.84 Å². The largest absolute Gasteiger partial charge is 0.317 e. The lowest BCUT2D eigenvalue weighted by atomic mass is 10.1. The van der Waals surface area contributed by atoms with Crippen LogP contribution in [0.3, 0.4) is 0 Å². The molecule has 0 saturated carbocycles. The number of likely N-dealkylation sites (N-methyl/N-ethyl adjacent to an activating group) is 1. The molecule has 1 aromatic heterocycles. The molecule has 1 aliphatic heterocycles. The first-order valence-corrected chi connectivity index (χ1v) is 8.99. The molecule has 1 fully saturated rings. The second-order valence-electron chi connectivity index (χ2n) is 5.10. The number of nitrogens with zero attached hydrogens (tertiary/aromatic N) is 1. The zero-order valence-electron chi connectivity index (χ0n) is 10.8. The number of aromatic nitrogens is 1. The topological polar surface area (TPSA) is 59.1 Å². The molecule has 2 rings (SSSR count). The van der Waals surface area contributed by atoms with E-state index >= 15 is 0 Å². The van der Waals surface area contributed by atoms with E-state index < -0.39 is 9.84 Å². The Hall–Kier alpha value is -0.460. The van der Waals surface area contributed by atoms with E-state index in [9.17, 15) is 8.42 Å². The molecular weight excluding hydrogens is 268 g/mol. The molecule has 18 heavy (non-hydrogen) atoms. The molecule has 102 valence electrons. The van der Waals surface area contributed by atoms with E-state index in [1.807, 2.05) is 7.05 Å². The number of hydrogen-bond donors (Lipinski definition) is 1. The Morgan fingerprint density at radius 1 is 1.61 bits per heavy atom. The van der Waals surface area contributed by atoms with Crippen LogP contribution in [0.25, 0.3) is 0 Å². The Balaban J connectivity index is 1.91. The van der Waals surface area contributed by atoms with Crippen LogP contribution in [-0.2, 0) is 22.7 Å². The van der Waals surface area contributed by atoms with Crippen molar-refractivity contribution in [1.29, 1.82) is 0 Å². The van der Waals surface area contributed by atoms with Crippen LogP contribution in [-0.4, -0.2) is 38.0 Å². The first kappa shape index (κ1) is 14.0. The summed E-state index contributed by atoms with van der Waals surface area (Å²) in [6.45, 7) is 2.13. The normalized spacial score (nSPS) is 24.2. The van der Waals surface area contributed by atoms with E-state index in [1.165, 1.54) is 0 Å². The van der Waals surface area contributed by atoms with Crippen LogP contribution < -0.4 is 5.32 Å². The number of rotatable bonds is 5. The molecule has 2 unspecified atom stereocenters. The van der Waals surface area contributed by atoms with Crippen LogP contribution >= 0.6 is 11.3 Å². The maximum atomic E-state index is 11.4. The van der Waals surface area contributed by atoms with Crippen LogP contribution in [0.15, 0.2) is 5.38 Å². The average molecular weight is 288 g/mol. The minimum absolute atomic E-state index is 0.274. The van der Waals surface area contributed by atoms with Gasteiger partial charge in [-0.05, 0) is 26.3 Å². The number of sulfone groups is 1. The highest BCUT2D eigenvalue weighted by molar-refractivity contribution is 7.91. The summed E-state index contributed by atoms with van der Waals surface area (Å²) in [5.41, 5.74) is 1.11. The summed E-state index contributed by atoms with van der Waals surface area (Å²) in [4.78, 5) is 4.59. The molecule has 4 nitrogen and oxygen atoms in total. The summed E-state index contributed by atoms with van der Waals surface area (Å²) >= 11 is 1.66. The van der Waals surface area contributed by atoms with Crippen LogP contribution in [0.2, 0.25) is 0 Å². The zero-order valence-corrected chi connectivity index (χ0v) is 12.5. The lowest BCUT2D eigenvalue weighted by Gasteiger charge is -2.07. The molecule has 1 aromatic rings. The van der Waals surface area contributed by atoms with Crippen molar-refractivity contribution < 1.29 is 8.42 Å². The van der Waals surface area contributed by atoms with Crippen LogP contribution in [0.1, 0.15) is 24.0 Å². The van der Waals surface area contributed by atoms with Crippen molar-refractivity contribution in [3.8, 4) is 0 Å². The molecule has 0 amide bonds. The van der Waals surface area contributed by atoms with Gasteiger partial charge in [-0.3, -0.25) is 0 Å². The quantitative estimate of drug-likeness (QED) is 0.886. The lowest BCUT2D eigenvalue weighted by molar-refractivity contribution is 0.577. The molecule has 1 aliphatic rings. The molecule has 2 atom stereocenters. The Kier molecular flexibility index (Phi) is 4.40. The molecule has 0 spiro atoms. The van der Waals surface area contributed by atoms with Crippen molar-refractivity contribution in [3.63, 3.8) is 0 Å². The maximum absolute atomic E-state index is 11.4. The molecule has 0 radical (unpaired) electrons. The van der Waals surface area contributed by atoms with E-state index in [-0.39, 0.29) is 5.92 Å². The molecule has 6 heteroatoms. The molecular formula is C12H20N2O2S2. The van der Waals surface area contributed by atoms with E-state index in [0.717, 1.165) is 30.0 Å². The van der Waals surface area contributed by atoms with Crippen molar-refractivity contribution in [1.82, 2.24) is 10.3 Å². The van der Waals surface area contributed by atoms with Gasteiger partial charge in [0.05, 0.1) is 22.2 Å². The van der Waals surface area contributed by atoms with Gasteiger partial charge < -0.3 is 5.32 Å². The summed E-state index contributed by atoms with van der Waals surface area (Å²) in [5.74, 6) is 0.970. The number of nitrogens with one attached hydrogen (secondary N) is 1. The summed E-state index contributed by atoms with van der Waals surface area (Å²) in [7, 11) is -0.819. The number of thiazole rings is 1. The highest BCUT2D eigenvalue weighted by Gasteiger charge is 2.28. The maximum Gasteiger partial charge on any atom is 0.150 e. The third kappa shape index (κ3) is 3.76. The van der Waals surface area contributed by atoms with Crippen molar-refractivity contribution >= 4 is 21.2 Å². The van der Waals surface area contributed by atoms with Gasteiger partial charge in [0.25, 0.3) is 0 Å². The fraction of sp³-hybridized carbons (Fsp3) is 0.750. The second kappa shape index (κ2) is 5.67. The van der Waals surface area contributed by atoms with Crippen LogP contribution in [0.4, 0.5) is 0 Å². The average Bonchev–Trinajstić information content (AvgIpc) is 2.86. The van der Waals surface area contributed by atoms with E-state index in [0.29, 0.717) is 17.5 Å². The summed E-state index contributed by atoms with van der Waals surface area (Å²) in [5, 5.41) is 6.36. The first-order valence-electron chi connectivity index (χ1n) is 6.29. The van der Waals surface area contributed by atoms with Gasteiger partial charge in [0, 0.05) is 24.3 Å². The van der Waals surface area contributed by atoms with E-state index in [2.05, 4.69) is 22.6 Å². The Bertz CT molecular complexity index is 496.